The van der Waals surface area contributed by atoms with E-state index in [9.17, 15) is 4.79 Å². The van der Waals surface area contributed by atoms with Gasteiger partial charge >= 0.3 is 0 Å². The highest BCUT2D eigenvalue weighted by Crippen LogP contribution is 2.23. The number of ether oxygens (including phenoxy) is 1. The molecule has 0 saturated carbocycles. The summed E-state index contributed by atoms with van der Waals surface area (Å²) in [5.74, 6) is 1.87. The lowest BCUT2D eigenvalue weighted by Gasteiger charge is -2.09. The van der Waals surface area contributed by atoms with E-state index in [1.807, 2.05) is 54.0 Å². The smallest absolute Gasteiger partial charge is 0.230 e. The number of hydrogen-bond acceptors (Lipinski definition) is 5. The van der Waals surface area contributed by atoms with Crippen molar-refractivity contribution in [3.05, 3.63) is 66.0 Å². The predicted molar refractivity (Wildman–Crippen MR) is 111 cm³/mol. The summed E-state index contributed by atoms with van der Waals surface area (Å²) in [4.78, 5) is 12.2. The number of thioether (sulfide) groups is 1. The van der Waals surface area contributed by atoms with Crippen molar-refractivity contribution in [2.24, 2.45) is 0 Å². The van der Waals surface area contributed by atoms with E-state index in [1.165, 1.54) is 17.3 Å². The van der Waals surface area contributed by atoms with E-state index < -0.39 is 0 Å². The first-order valence-electron chi connectivity index (χ1n) is 9.17. The summed E-state index contributed by atoms with van der Waals surface area (Å²) in [6.07, 6.45) is 1.88. The van der Waals surface area contributed by atoms with Crippen molar-refractivity contribution >= 4 is 17.7 Å². The maximum atomic E-state index is 12.2. The number of aromatic nitrogens is 3. The highest BCUT2D eigenvalue weighted by molar-refractivity contribution is 7.99. The van der Waals surface area contributed by atoms with Crippen molar-refractivity contribution in [3.8, 4) is 11.4 Å². The van der Waals surface area contributed by atoms with E-state index in [2.05, 4.69) is 27.6 Å². The quantitative estimate of drug-likeness (QED) is 0.443. The van der Waals surface area contributed by atoms with E-state index in [-0.39, 0.29) is 5.91 Å². The van der Waals surface area contributed by atoms with E-state index in [0.717, 1.165) is 30.1 Å². The van der Waals surface area contributed by atoms with Gasteiger partial charge in [0.2, 0.25) is 5.91 Å². The molecule has 1 amide bonds. The van der Waals surface area contributed by atoms with Crippen LogP contribution >= 0.6 is 11.8 Å². The van der Waals surface area contributed by atoms with Gasteiger partial charge in [-0.15, -0.1) is 10.2 Å². The Morgan fingerprint density at radius 2 is 1.86 bits per heavy atom. The maximum absolute atomic E-state index is 12.2. The van der Waals surface area contributed by atoms with Crippen LogP contribution in [0.3, 0.4) is 0 Å². The Labute approximate surface area is 169 Å². The summed E-state index contributed by atoms with van der Waals surface area (Å²) in [7, 11) is 1.64. The third-order valence-corrected chi connectivity index (χ3v) is 5.19. The molecule has 1 N–H and O–H groups in total. The lowest BCUT2D eigenvalue weighted by atomic mass is 10.1. The molecule has 0 aliphatic heterocycles. The molecule has 0 aliphatic carbocycles. The van der Waals surface area contributed by atoms with E-state index in [1.54, 1.807) is 7.11 Å². The minimum atomic E-state index is -0.00000402. The fourth-order valence-corrected chi connectivity index (χ4v) is 3.64. The molecular weight excluding hydrogens is 372 g/mol. The average molecular weight is 397 g/mol. The van der Waals surface area contributed by atoms with Gasteiger partial charge in [-0.05, 0) is 49.6 Å². The van der Waals surface area contributed by atoms with Crippen molar-refractivity contribution in [1.82, 2.24) is 20.1 Å². The molecular formula is C21H24N4O2S. The van der Waals surface area contributed by atoms with Gasteiger partial charge in [0.05, 0.1) is 12.9 Å². The van der Waals surface area contributed by atoms with Crippen LogP contribution in [0.1, 0.15) is 17.8 Å². The van der Waals surface area contributed by atoms with Crippen LogP contribution in [-0.4, -0.2) is 40.1 Å². The van der Waals surface area contributed by atoms with Crippen LogP contribution in [0.2, 0.25) is 0 Å². The number of methoxy groups -OCH3 is 1. The molecule has 1 heterocycles. The molecule has 0 spiro atoms. The molecule has 0 aliphatic rings. The molecule has 0 saturated heterocycles. The minimum Gasteiger partial charge on any atom is -0.497 e. The normalized spacial score (nSPS) is 10.6. The molecule has 7 heteroatoms. The van der Waals surface area contributed by atoms with Crippen molar-refractivity contribution in [2.75, 3.05) is 19.4 Å². The van der Waals surface area contributed by atoms with Crippen molar-refractivity contribution in [2.45, 2.75) is 24.9 Å². The summed E-state index contributed by atoms with van der Waals surface area (Å²) < 4.78 is 7.14. The number of amides is 1. The number of benzene rings is 2. The minimum absolute atomic E-state index is 0.00000402. The summed E-state index contributed by atoms with van der Waals surface area (Å²) >= 11 is 1.38. The fourth-order valence-electron chi connectivity index (χ4n) is 2.81. The van der Waals surface area contributed by atoms with Gasteiger partial charge in [0.25, 0.3) is 0 Å². The van der Waals surface area contributed by atoms with E-state index in [4.69, 9.17) is 4.74 Å². The molecule has 0 unspecified atom stereocenters. The Hall–Kier alpha value is -2.80. The second kappa shape index (κ2) is 9.94. The Morgan fingerprint density at radius 1 is 1.11 bits per heavy atom. The number of aryl methyl sites for hydroxylation is 2. The predicted octanol–water partition coefficient (Wildman–Crippen LogP) is 3.43. The topological polar surface area (TPSA) is 69.0 Å². The monoisotopic (exact) mass is 396 g/mol. The van der Waals surface area contributed by atoms with Gasteiger partial charge in [-0.3, -0.25) is 9.36 Å². The highest BCUT2D eigenvalue weighted by atomic mass is 32.2. The molecule has 0 bridgehead atoms. The first kappa shape index (κ1) is 19.9. The zero-order chi connectivity index (χ0) is 19.8. The molecule has 1 aromatic heterocycles. The molecule has 0 atom stereocenters. The summed E-state index contributed by atoms with van der Waals surface area (Å²) in [6.45, 7) is 2.56. The van der Waals surface area contributed by atoms with E-state index in [0.29, 0.717) is 17.5 Å². The second-order valence-electron chi connectivity index (χ2n) is 6.29. The largest absolute Gasteiger partial charge is 0.497 e. The van der Waals surface area contributed by atoms with Crippen molar-refractivity contribution in [1.29, 1.82) is 0 Å². The van der Waals surface area contributed by atoms with Gasteiger partial charge in [0, 0.05) is 12.2 Å². The molecule has 2 aromatic carbocycles. The Kier molecular flexibility index (Phi) is 7.08. The summed E-state index contributed by atoms with van der Waals surface area (Å²) in [6, 6.07) is 18.0. The van der Waals surface area contributed by atoms with Crippen LogP contribution in [0.25, 0.3) is 5.69 Å². The lowest BCUT2D eigenvalue weighted by Crippen LogP contribution is -2.26. The van der Waals surface area contributed by atoms with Gasteiger partial charge in [-0.2, -0.15) is 0 Å². The molecule has 6 nitrogen and oxygen atoms in total. The Bertz CT molecular complexity index is 895. The zero-order valence-corrected chi connectivity index (χ0v) is 16.9. The first-order chi connectivity index (χ1) is 13.7. The number of nitrogens with zero attached hydrogens (tertiary/aromatic N) is 3. The van der Waals surface area contributed by atoms with Gasteiger partial charge in [0.15, 0.2) is 5.16 Å². The molecule has 3 aromatic rings. The van der Waals surface area contributed by atoms with Crippen molar-refractivity contribution in [3.63, 3.8) is 0 Å². The van der Waals surface area contributed by atoms with E-state index >= 15 is 0 Å². The summed E-state index contributed by atoms with van der Waals surface area (Å²) in [5.41, 5.74) is 2.23. The summed E-state index contributed by atoms with van der Waals surface area (Å²) in [5, 5.41) is 12.0. The number of carbonyl (C=O) groups excluding carboxylic acids is 1. The van der Waals surface area contributed by atoms with Crippen LogP contribution in [-0.2, 0) is 11.2 Å². The SMILES string of the molecule is COc1ccc(-n2c(C)nnc2SCC(=O)NCCCc2ccccc2)cc1. The van der Waals surface area contributed by atoms with Crippen LogP contribution in [0.5, 0.6) is 5.75 Å². The molecule has 3 rings (SSSR count). The van der Waals surface area contributed by atoms with Crippen LogP contribution < -0.4 is 10.1 Å². The molecule has 0 fully saturated rings. The van der Waals surface area contributed by atoms with Gasteiger partial charge in [-0.25, -0.2) is 0 Å². The first-order valence-corrected chi connectivity index (χ1v) is 10.2. The fraction of sp³-hybridized carbons (Fsp3) is 0.286. The molecule has 0 radical (unpaired) electrons. The lowest BCUT2D eigenvalue weighted by molar-refractivity contribution is -0.118. The number of rotatable bonds is 9. The van der Waals surface area contributed by atoms with Crippen molar-refractivity contribution < 1.29 is 9.53 Å². The maximum Gasteiger partial charge on any atom is 0.230 e. The Balaban J connectivity index is 1.49. The Morgan fingerprint density at radius 3 is 2.57 bits per heavy atom. The third-order valence-electron chi connectivity index (χ3n) is 4.27. The standard InChI is InChI=1S/C21H24N4O2S/c1-16-23-24-21(25(16)18-10-12-19(27-2)13-11-18)28-15-20(26)22-14-6-9-17-7-4-3-5-8-17/h3-5,7-8,10-13H,6,9,14-15H2,1-2H3,(H,22,26). The molecule has 28 heavy (non-hydrogen) atoms. The average Bonchev–Trinajstić information content (AvgIpc) is 3.11. The van der Waals surface area contributed by atoms with Crippen LogP contribution in [0.4, 0.5) is 0 Å². The number of hydrogen-bond donors (Lipinski definition) is 1. The number of nitrogens with one attached hydrogen (secondary N) is 1. The van der Waals surface area contributed by atoms with Gasteiger partial charge in [0.1, 0.15) is 11.6 Å². The molecule has 146 valence electrons. The third kappa shape index (κ3) is 5.36. The second-order valence-corrected chi connectivity index (χ2v) is 7.23. The van der Waals surface area contributed by atoms with Crippen LogP contribution in [0.15, 0.2) is 59.8 Å². The zero-order valence-electron chi connectivity index (χ0n) is 16.1. The van der Waals surface area contributed by atoms with Gasteiger partial charge < -0.3 is 10.1 Å². The highest BCUT2D eigenvalue weighted by Gasteiger charge is 2.13. The van der Waals surface area contributed by atoms with Crippen LogP contribution in [0, 0.1) is 6.92 Å². The number of carbonyl (C=O) groups is 1. The van der Waals surface area contributed by atoms with Gasteiger partial charge in [-0.1, -0.05) is 42.1 Å².